The van der Waals surface area contributed by atoms with Gasteiger partial charge in [0.2, 0.25) is 0 Å². The Bertz CT molecular complexity index is 1140. The Morgan fingerprint density at radius 3 is 0.481 bits per heavy atom. The summed E-state index contributed by atoms with van der Waals surface area (Å²) < 4.78 is 34.6. The van der Waals surface area contributed by atoms with Crippen LogP contribution in [-0.4, -0.2) is 60.6 Å². The number of hydrogen-bond donors (Lipinski definition) is 2. The summed E-state index contributed by atoms with van der Waals surface area (Å²) in [4.78, 5) is 0. The zero-order valence-electron chi connectivity index (χ0n) is 56.3. The second kappa shape index (κ2) is 67.3. The molecular weight excluding hydrogens is 1010 g/mol. The minimum atomic E-state index is -4.23. The minimum absolute atomic E-state index is 0.456. The molecule has 0 aliphatic carbocycles. The van der Waals surface area contributed by atoms with Gasteiger partial charge in [0.25, 0.3) is 10.1 Å². The quantitative estimate of drug-likeness (QED) is 0.0362. The highest BCUT2D eigenvalue weighted by molar-refractivity contribution is 7.85. The minimum Gasteiger partial charge on any atom is -0.386 e. The number of quaternary nitrogens is 1. The predicted octanol–water partition coefficient (Wildman–Crippen LogP) is 25.9. The average molecular weight is 1170 g/mol. The molecule has 0 rings (SSSR count). The third-order valence-electron chi connectivity index (χ3n) is 19.0. The van der Waals surface area contributed by atoms with E-state index in [2.05, 4.69) is 20.8 Å². The molecule has 0 aromatic carbocycles. The van der Waals surface area contributed by atoms with Crippen molar-refractivity contribution < 1.29 is 22.6 Å². The first-order valence-corrected chi connectivity index (χ1v) is 39.9. The summed E-state index contributed by atoms with van der Waals surface area (Å²) >= 11 is 0. The monoisotopic (exact) mass is 1170 g/mol. The highest BCUT2D eigenvalue weighted by atomic mass is 32.2. The number of hydrogen-bond acceptors (Lipinski definition) is 3. The molecule has 0 amide bonds. The fourth-order valence-electron chi connectivity index (χ4n) is 13.5. The number of rotatable bonds is 73. The van der Waals surface area contributed by atoms with Crippen LogP contribution in [0.2, 0.25) is 0 Å². The van der Waals surface area contributed by atoms with Crippen LogP contribution in [0.3, 0.4) is 0 Å². The van der Waals surface area contributed by atoms with Crippen molar-refractivity contribution in [2.45, 2.75) is 451 Å². The smallest absolute Gasteiger partial charge is 0.267 e. The van der Waals surface area contributed by atoms with E-state index >= 15 is 0 Å². The lowest BCUT2D eigenvalue weighted by Crippen LogP contribution is -2.55. The molecule has 0 aliphatic rings. The number of aliphatic hydroxyl groups excluding tert-OH is 1. The van der Waals surface area contributed by atoms with E-state index in [9.17, 15) is 18.1 Å². The largest absolute Gasteiger partial charge is 0.386 e. The molecule has 6 heteroatoms. The third kappa shape index (κ3) is 67.2. The van der Waals surface area contributed by atoms with Crippen LogP contribution in [0.4, 0.5) is 0 Å². The topological polar surface area (TPSA) is 74.6 Å². The van der Waals surface area contributed by atoms with Crippen molar-refractivity contribution in [3.63, 3.8) is 0 Å². The van der Waals surface area contributed by atoms with Gasteiger partial charge in [-0.2, -0.15) is 8.42 Å². The van der Waals surface area contributed by atoms with Crippen molar-refractivity contribution in [2.75, 3.05) is 31.9 Å². The van der Waals surface area contributed by atoms with Crippen LogP contribution < -0.4 is 0 Å². The summed E-state index contributed by atoms with van der Waals surface area (Å²) in [5.41, 5.74) is 0. The molecule has 488 valence electrons. The molecule has 0 aromatic heterocycles. The molecule has 0 bridgehead atoms. The number of nitrogens with zero attached hydrogens (tertiary/aromatic N) is 1. The van der Waals surface area contributed by atoms with Gasteiger partial charge in [-0.25, -0.2) is 0 Å². The molecule has 0 saturated carbocycles. The molecule has 0 radical (unpaired) electrons. The van der Waals surface area contributed by atoms with E-state index in [1.807, 2.05) is 0 Å². The van der Waals surface area contributed by atoms with E-state index < -0.39 is 22.0 Å². The zero-order chi connectivity index (χ0) is 58.8. The predicted molar refractivity (Wildman–Crippen MR) is 364 cm³/mol. The van der Waals surface area contributed by atoms with Crippen molar-refractivity contribution in [2.24, 2.45) is 0 Å². The zero-order valence-corrected chi connectivity index (χ0v) is 57.2. The van der Waals surface area contributed by atoms with Crippen LogP contribution in [0, 0.1) is 0 Å². The maximum absolute atomic E-state index is 12.0. The van der Waals surface area contributed by atoms with E-state index in [4.69, 9.17) is 0 Å². The highest BCUT2D eigenvalue weighted by Gasteiger charge is 2.31. The van der Waals surface area contributed by atoms with Crippen molar-refractivity contribution in [3.05, 3.63) is 0 Å². The molecule has 0 aromatic rings. The first-order chi connectivity index (χ1) is 39.8. The van der Waals surface area contributed by atoms with Gasteiger partial charge in [-0.05, 0) is 38.5 Å². The number of aliphatic hydroxyl groups is 1. The van der Waals surface area contributed by atoms with Crippen molar-refractivity contribution in [3.8, 4) is 0 Å². The van der Waals surface area contributed by atoms with E-state index in [0.717, 1.165) is 43.4 Å². The second-order valence-corrected chi connectivity index (χ2v) is 28.9. The fraction of sp³-hybridized carbons (Fsp3) is 1.00. The summed E-state index contributed by atoms with van der Waals surface area (Å²) in [7, 11) is -4.23. The fourth-order valence-corrected chi connectivity index (χ4v) is 14.1. The lowest BCUT2D eigenvalue weighted by molar-refractivity contribution is -0.931. The maximum Gasteiger partial charge on any atom is 0.267 e. The molecule has 0 fully saturated rings. The summed E-state index contributed by atoms with van der Waals surface area (Å²) in [5.74, 6) is -0.537. The van der Waals surface area contributed by atoms with Gasteiger partial charge in [0.15, 0.2) is 0 Å². The molecule has 5 nitrogen and oxygen atoms in total. The SMILES string of the molecule is CCCCCCCCCCCCCCCCCCCCCCCC[N+](CCCCCCCCCCCCCCCCCCCCCCCC)(CCCCCCCCCCCCCCCCCCCCCCCC)CC(O)CS(=O)(=O)O. The van der Waals surface area contributed by atoms with Crippen LogP contribution in [0.15, 0.2) is 0 Å². The van der Waals surface area contributed by atoms with Crippen molar-refractivity contribution in [1.82, 2.24) is 0 Å². The van der Waals surface area contributed by atoms with Crippen LogP contribution in [0.25, 0.3) is 0 Å². The highest BCUT2D eigenvalue weighted by Crippen LogP contribution is 2.23. The Morgan fingerprint density at radius 1 is 0.235 bits per heavy atom. The Morgan fingerprint density at radius 2 is 0.358 bits per heavy atom. The second-order valence-electron chi connectivity index (χ2n) is 27.4. The lowest BCUT2D eigenvalue weighted by atomic mass is 10.0. The van der Waals surface area contributed by atoms with Gasteiger partial charge in [0.05, 0.1) is 19.6 Å². The summed E-state index contributed by atoms with van der Waals surface area (Å²) in [5, 5.41) is 11.2. The van der Waals surface area contributed by atoms with Crippen molar-refractivity contribution in [1.29, 1.82) is 0 Å². The van der Waals surface area contributed by atoms with Gasteiger partial charge >= 0.3 is 0 Å². The Balaban J connectivity index is 4.67. The van der Waals surface area contributed by atoms with Crippen LogP contribution >= 0.6 is 0 Å². The van der Waals surface area contributed by atoms with E-state index in [1.54, 1.807) is 0 Å². The molecule has 1 unspecified atom stereocenters. The average Bonchev–Trinajstić information content (AvgIpc) is 3.46. The summed E-state index contributed by atoms with van der Waals surface area (Å²) in [6, 6.07) is 0. The van der Waals surface area contributed by atoms with Crippen molar-refractivity contribution >= 4 is 10.1 Å². The standard InChI is InChI=1S/C75H153NO4S/c1-4-7-10-13-16-19-22-25-28-31-34-37-40-43-46-49-52-55-58-61-64-67-70-76(73-75(77)74-81(78,79)80,71-68-65-62-59-56-53-50-47-44-41-38-35-32-29-26-23-20-17-14-11-8-5-2)72-69-66-63-60-57-54-51-48-45-42-39-36-33-30-27-24-21-18-15-12-9-6-3/h75,77H,4-74H2,1-3H3/p+1. The normalized spacial score (nSPS) is 12.6. The van der Waals surface area contributed by atoms with Gasteiger partial charge in [0, 0.05) is 0 Å². The van der Waals surface area contributed by atoms with Gasteiger partial charge in [-0.1, -0.05) is 406 Å². The molecule has 1 atom stereocenters. The van der Waals surface area contributed by atoms with Gasteiger partial charge in [0.1, 0.15) is 18.4 Å². The molecule has 2 N–H and O–H groups in total. The molecule has 81 heavy (non-hydrogen) atoms. The first kappa shape index (κ1) is 80.8. The van der Waals surface area contributed by atoms with Gasteiger partial charge in [-0.3, -0.25) is 4.55 Å². The van der Waals surface area contributed by atoms with Crippen LogP contribution in [-0.2, 0) is 10.1 Å². The molecular formula is C75H154NO4S+. The Kier molecular flexibility index (Phi) is 67.2. The lowest BCUT2D eigenvalue weighted by Gasteiger charge is -2.40. The van der Waals surface area contributed by atoms with E-state index in [0.29, 0.717) is 6.54 Å². The van der Waals surface area contributed by atoms with Crippen LogP contribution in [0.1, 0.15) is 445 Å². The van der Waals surface area contributed by atoms with E-state index in [-0.39, 0.29) is 0 Å². The summed E-state index contributed by atoms with van der Waals surface area (Å²) in [6.45, 7) is 10.5. The molecule has 0 heterocycles. The summed E-state index contributed by atoms with van der Waals surface area (Å²) in [6.07, 6.45) is 90.8. The Hall–Kier alpha value is -0.170. The first-order valence-electron chi connectivity index (χ1n) is 38.3. The molecule has 0 aliphatic heterocycles. The number of unbranched alkanes of at least 4 members (excludes halogenated alkanes) is 63. The molecule has 0 spiro atoms. The van der Waals surface area contributed by atoms with E-state index in [1.165, 1.54) is 405 Å². The van der Waals surface area contributed by atoms with Gasteiger partial charge < -0.3 is 9.59 Å². The van der Waals surface area contributed by atoms with Gasteiger partial charge in [-0.15, -0.1) is 0 Å². The van der Waals surface area contributed by atoms with Crippen LogP contribution in [0.5, 0.6) is 0 Å². The maximum atomic E-state index is 12.0. The Labute approximate surface area is 512 Å². The third-order valence-corrected chi connectivity index (χ3v) is 19.8. The molecule has 0 saturated heterocycles.